The number of nitrogens with zero attached hydrogens (tertiary/aromatic N) is 1. The number of amides is 2. The topological polar surface area (TPSA) is 67.9 Å². The van der Waals surface area contributed by atoms with Crippen molar-refractivity contribution in [3.63, 3.8) is 0 Å². The molecule has 27 heavy (non-hydrogen) atoms. The number of para-hydroxylation sites is 2. The lowest BCUT2D eigenvalue weighted by Crippen LogP contribution is -2.43. The van der Waals surface area contributed by atoms with Crippen LogP contribution in [0, 0.1) is 5.92 Å². The molecule has 7 heteroatoms. The van der Waals surface area contributed by atoms with Gasteiger partial charge in [0.05, 0.1) is 12.5 Å². The molecule has 0 radical (unpaired) electrons. The van der Waals surface area contributed by atoms with E-state index in [4.69, 9.17) is 9.47 Å². The first-order valence-electron chi connectivity index (χ1n) is 8.82. The van der Waals surface area contributed by atoms with Crippen LogP contribution in [0.15, 0.2) is 53.0 Å². The zero-order valence-electron chi connectivity index (χ0n) is 14.6. The van der Waals surface area contributed by atoms with Crippen LogP contribution in [0.1, 0.15) is 6.42 Å². The number of nitrogens with one attached hydrogen (secondary N) is 1. The van der Waals surface area contributed by atoms with Crippen molar-refractivity contribution in [2.24, 2.45) is 5.92 Å². The Kier molecular flexibility index (Phi) is 5.03. The minimum absolute atomic E-state index is 0.0383. The van der Waals surface area contributed by atoms with Gasteiger partial charge in [0.1, 0.15) is 12.7 Å². The molecule has 1 fully saturated rings. The largest absolute Gasteiger partial charge is 0.486 e. The van der Waals surface area contributed by atoms with Crippen LogP contribution in [0.2, 0.25) is 0 Å². The van der Waals surface area contributed by atoms with Gasteiger partial charge < -0.3 is 19.7 Å². The predicted molar refractivity (Wildman–Crippen MR) is 104 cm³/mol. The summed E-state index contributed by atoms with van der Waals surface area (Å²) in [7, 11) is 0. The maximum atomic E-state index is 12.5. The van der Waals surface area contributed by atoms with Crippen molar-refractivity contribution in [1.82, 2.24) is 5.32 Å². The third kappa shape index (κ3) is 3.93. The van der Waals surface area contributed by atoms with Crippen molar-refractivity contribution in [2.45, 2.75) is 12.5 Å². The first-order chi connectivity index (χ1) is 13.1. The van der Waals surface area contributed by atoms with E-state index >= 15 is 0 Å². The van der Waals surface area contributed by atoms with Crippen molar-refractivity contribution in [3.05, 3.63) is 53.0 Å². The number of carbonyl (C=O) groups is 2. The van der Waals surface area contributed by atoms with Crippen molar-refractivity contribution >= 4 is 33.4 Å². The van der Waals surface area contributed by atoms with E-state index in [0.29, 0.717) is 31.2 Å². The van der Waals surface area contributed by atoms with Crippen molar-refractivity contribution in [1.29, 1.82) is 0 Å². The summed E-state index contributed by atoms with van der Waals surface area (Å²) in [6.07, 6.45) is -0.0317. The zero-order chi connectivity index (χ0) is 18.8. The molecule has 0 aliphatic carbocycles. The summed E-state index contributed by atoms with van der Waals surface area (Å²) in [4.78, 5) is 26.5. The molecule has 2 aliphatic rings. The highest BCUT2D eigenvalue weighted by Gasteiger charge is 2.35. The molecule has 1 saturated heterocycles. The van der Waals surface area contributed by atoms with Gasteiger partial charge in [0.25, 0.3) is 0 Å². The molecule has 2 aromatic carbocycles. The molecule has 2 heterocycles. The number of fused-ring (bicyclic) bond motifs is 1. The van der Waals surface area contributed by atoms with E-state index in [2.05, 4.69) is 21.2 Å². The second kappa shape index (κ2) is 7.60. The Balaban J connectivity index is 1.32. The van der Waals surface area contributed by atoms with E-state index in [-0.39, 0.29) is 30.3 Å². The van der Waals surface area contributed by atoms with Gasteiger partial charge in [-0.05, 0) is 36.4 Å². The molecular formula is C20H19BrN2O4. The molecule has 0 spiro atoms. The summed E-state index contributed by atoms with van der Waals surface area (Å²) < 4.78 is 12.4. The van der Waals surface area contributed by atoms with Crippen molar-refractivity contribution in [2.75, 3.05) is 24.6 Å². The fourth-order valence-corrected chi connectivity index (χ4v) is 3.54. The highest BCUT2D eigenvalue weighted by Crippen LogP contribution is 2.31. The minimum atomic E-state index is -0.363. The number of rotatable bonds is 4. The standard InChI is InChI=1S/C20H19BrN2O4/c21-14-5-7-15(8-6-14)23-11-13(9-19(23)24)20(25)22-10-16-12-26-17-3-1-2-4-18(17)27-16/h1-8,13,16H,9-12H2,(H,22,25). The summed E-state index contributed by atoms with van der Waals surface area (Å²) in [5.74, 6) is 0.860. The normalized spacial score (nSPS) is 21.2. The maximum Gasteiger partial charge on any atom is 0.227 e. The van der Waals surface area contributed by atoms with E-state index in [1.807, 2.05) is 48.5 Å². The van der Waals surface area contributed by atoms with Gasteiger partial charge in [-0.25, -0.2) is 0 Å². The van der Waals surface area contributed by atoms with Gasteiger partial charge in [-0.3, -0.25) is 9.59 Å². The molecule has 0 aromatic heterocycles. The van der Waals surface area contributed by atoms with Gasteiger partial charge in [-0.1, -0.05) is 28.1 Å². The second-order valence-electron chi connectivity index (χ2n) is 6.62. The predicted octanol–water partition coefficient (Wildman–Crippen LogP) is 2.76. The highest BCUT2D eigenvalue weighted by molar-refractivity contribution is 9.10. The Morgan fingerprint density at radius 2 is 1.89 bits per heavy atom. The van der Waals surface area contributed by atoms with Gasteiger partial charge in [0.15, 0.2) is 11.5 Å². The van der Waals surface area contributed by atoms with E-state index in [0.717, 1.165) is 10.2 Å². The Labute approximate surface area is 165 Å². The lowest BCUT2D eigenvalue weighted by atomic mass is 10.1. The number of hydrogen-bond acceptors (Lipinski definition) is 4. The quantitative estimate of drug-likeness (QED) is 0.809. The molecule has 2 atom stereocenters. The number of benzene rings is 2. The molecule has 2 aliphatic heterocycles. The van der Waals surface area contributed by atoms with Gasteiger partial charge in [0, 0.05) is 23.1 Å². The number of carbonyl (C=O) groups excluding carboxylic acids is 2. The Bertz CT molecular complexity index is 855. The second-order valence-corrected chi connectivity index (χ2v) is 7.54. The maximum absolute atomic E-state index is 12.5. The lowest BCUT2D eigenvalue weighted by molar-refractivity contribution is -0.126. The first kappa shape index (κ1) is 17.9. The number of halogens is 1. The van der Waals surface area contributed by atoms with Crippen LogP contribution < -0.4 is 19.7 Å². The van der Waals surface area contributed by atoms with E-state index in [1.54, 1.807) is 4.90 Å². The third-order valence-electron chi connectivity index (χ3n) is 4.71. The van der Waals surface area contributed by atoms with E-state index in [9.17, 15) is 9.59 Å². The van der Waals surface area contributed by atoms with Crippen LogP contribution in [0.25, 0.3) is 0 Å². The van der Waals surface area contributed by atoms with Crippen molar-refractivity contribution < 1.29 is 19.1 Å². The molecule has 2 aromatic rings. The minimum Gasteiger partial charge on any atom is -0.486 e. The van der Waals surface area contributed by atoms with Gasteiger partial charge in [-0.2, -0.15) is 0 Å². The smallest absolute Gasteiger partial charge is 0.227 e. The van der Waals surface area contributed by atoms with E-state index < -0.39 is 0 Å². The summed E-state index contributed by atoms with van der Waals surface area (Å²) in [6, 6.07) is 15.0. The van der Waals surface area contributed by atoms with Gasteiger partial charge in [-0.15, -0.1) is 0 Å². The van der Waals surface area contributed by atoms with E-state index in [1.165, 1.54) is 0 Å². The molecule has 1 N–H and O–H groups in total. The average Bonchev–Trinajstić information content (AvgIpc) is 3.08. The number of anilines is 1. The molecule has 4 rings (SSSR count). The van der Waals surface area contributed by atoms with Crippen LogP contribution in [0.3, 0.4) is 0 Å². The monoisotopic (exact) mass is 430 g/mol. The zero-order valence-corrected chi connectivity index (χ0v) is 16.1. The Morgan fingerprint density at radius 3 is 2.67 bits per heavy atom. The van der Waals surface area contributed by atoms with Crippen molar-refractivity contribution in [3.8, 4) is 11.5 Å². The average molecular weight is 431 g/mol. The van der Waals surface area contributed by atoms with Crippen LogP contribution in [0.5, 0.6) is 11.5 Å². The molecular weight excluding hydrogens is 412 g/mol. The summed E-state index contributed by atoms with van der Waals surface area (Å²) in [5.41, 5.74) is 0.805. The Morgan fingerprint density at radius 1 is 1.15 bits per heavy atom. The molecule has 2 unspecified atom stereocenters. The number of ether oxygens (including phenoxy) is 2. The fourth-order valence-electron chi connectivity index (χ4n) is 3.28. The van der Waals surface area contributed by atoms with Crippen LogP contribution in [-0.4, -0.2) is 37.6 Å². The molecule has 0 saturated carbocycles. The van der Waals surface area contributed by atoms with Gasteiger partial charge >= 0.3 is 0 Å². The summed E-state index contributed by atoms with van der Waals surface area (Å²) in [6.45, 7) is 1.11. The lowest BCUT2D eigenvalue weighted by Gasteiger charge is -2.26. The molecule has 6 nitrogen and oxygen atoms in total. The van der Waals surface area contributed by atoms with Crippen LogP contribution >= 0.6 is 15.9 Å². The molecule has 0 bridgehead atoms. The fraction of sp³-hybridized carbons (Fsp3) is 0.300. The molecule has 140 valence electrons. The Hall–Kier alpha value is -2.54. The SMILES string of the molecule is O=C(NCC1COc2ccccc2O1)C1CC(=O)N(c2ccc(Br)cc2)C1. The van der Waals surface area contributed by atoms with Crippen LogP contribution in [-0.2, 0) is 9.59 Å². The number of hydrogen-bond donors (Lipinski definition) is 1. The summed E-state index contributed by atoms with van der Waals surface area (Å²) >= 11 is 3.38. The van der Waals surface area contributed by atoms with Crippen LogP contribution in [0.4, 0.5) is 5.69 Å². The first-order valence-corrected chi connectivity index (χ1v) is 9.61. The molecule has 2 amide bonds. The highest BCUT2D eigenvalue weighted by atomic mass is 79.9. The van der Waals surface area contributed by atoms with Gasteiger partial charge in [0.2, 0.25) is 11.8 Å². The summed E-state index contributed by atoms with van der Waals surface area (Å²) in [5, 5.41) is 2.90. The third-order valence-corrected chi connectivity index (χ3v) is 5.23.